The summed E-state index contributed by atoms with van der Waals surface area (Å²) in [5.74, 6) is -1.08. The van der Waals surface area contributed by atoms with Crippen LogP contribution in [0.25, 0.3) is 39.3 Å². The lowest BCUT2D eigenvalue weighted by Gasteiger charge is -2.33. The van der Waals surface area contributed by atoms with Gasteiger partial charge in [-0.3, -0.25) is 9.88 Å². The van der Waals surface area contributed by atoms with Gasteiger partial charge in [0.1, 0.15) is 5.69 Å². The van der Waals surface area contributed by atoms with Gasteiger partial charge in [0.05, 0.1) is 11.3 Å². The van der Waals surface area contributed by atoms with Crippen LogP contribution in [-0.2, 0) is 0 Å². The largest absolute Gasteiger partial charge is 0.505 e. The first-order chi connectivity index (χ1) is 18.1. The van der Waals surface area contributed by atoms with Crippen molar-refractivity contribution in [3.8, 4) is 39.4 Å². The van der Waals surface area contributed by atoms with Gasteiger partial charge in [-0.1, -0.05) is 18.2 Å². The Morgan fingerprint density at radius 2 is 1.65 bits per heavy atom. The predicted molar refractivity (Wildman–Crippen MR) is 141 cm³/mol. The van der Waals surface area contributed by atoms with Crippen LogP contribution in [0.15, 0.2) is 79.3 Å². The van der Waals surface area contributed by atoms with Crippen LogP contribution < -0.4 is 4.90 Å². The quantitative estimate of drug-likeness (QED) is 0.386. The first-order valence-electron chi connectivity index (χ1n) is 12.4. The van der Waals surface area contributed by atoms with Crippen molar-refractivity contribution < 1.29 is 9.50 Å². The van der Waals surface area contributed by atoms with Crippen LogP contribution >= 0.6 is 0 Å². The summed E-state index contributed by atoms with van der Waals surface area (Å²) in [6.45, 7) is 2.19. The molecule has 0 aliphatic carbocycles. The summed E-state index contributed by atoms with van der Waals surface area (Å²) in [7, 11) is 2.21. The molecule has 2 fully saturated rings. The van der Waals surface area contributed by atoms with Crippen molar-refractivity contribution in [2.24, 2.45) is 0 Å². The van der Waals surface area contributed by atoms with Gasteiger partial charge >= 0.3 is 0 Å². The van der Waals surface area contributed by atoms with E-state index in [1.807, 2.05) is 22.7 Å². The highest BCUT2D eigenvalue weighted by Crippen LogP contribution is 2.38. The van der Waals surface area contributed by atoms with Crippen LogP contribution in [0.1, 0.15) is 6.42 Å². The Bertz CT molecular complexity index is 1620. The smallest absolute Gasteiger partial charge is 0.164 e. The lowest BCUT2D eigenvalue weighted by atomic mass is 10.0. The Kier molecular flexibility index (Phi) is 4.97. The minimum Gasteiger partial charge on any atom is -0.505 e. The molecule has 0 spiro atoms. The third kappa shape index (κ3) is 3.55. The molecule has 1 N–H and O–H groups in total. The number of phenols is 1. The van der Waals surface area contributed by atoms with Gasteiger partial charge in [-0.15, -0.1) is 0 Å². The number of fused-ring (bicyclic) bond motifs is 3. The molecule has 5 aromatic rings. The lowest BCUT2D eigenvalue weighted by Crippen LogP contribution is -2.44. The SMILES string of the molecule is CN1C[C@H]2C[C@@H]1CN2c1ccc(-c2ccnc3c(-c4ccc(F)c(O)c4)c(-c4ccncc4)nn23)cc1. The number of halogens is 1. The maximum Gasteiger partial charge on any atom is 0.164 e. The molecule has 2 atom stereocenters. The molecule has 2 aromatic carbocycles. The molecule has 184 valence electrons. The lowest BCUT2D eigenvalue weighted by molar-refractivity contribution is 0.292. The first kappa shape index (κ1) is 21.9. The Balaban J connectivity index is 1.35. The summed E-state index contributed by atoms with van der Waals surface area (Å²) in [4.78, 5) is 13.8. The summed E-state index contributed by atoms with van der Waals surface area (Å²) in [6.07, 6.45) is 6.41. The summed E-state index contributed by atoms with van der Waals surface area (Å²) < 4.78 is 15.7. The minimum absolute atomic E-state index is 0.411. The van der Waals surface area contributed by atoms with E-state index < -0.39 is 11.6 Å². The number of likely N-dealkylation sites (tertiary alicyclic amines) is 1. The molecule has 7 rings (SSSR count). The van der Waals surface area contributed by atoms with Crippen molar-refractivity contribution in [3.63, 3.8) is 0 Å². The van der Waals surface area contributed by atoms with E-state index in [0.29, 0.717) is 29.0 Å². The van der Waals surface area contributed by atoms with E-state index >= 15 is 0 Å². The fourth-order valence-corrected chi connectivity index (χ4v) is 5.82. The maximum absolute atomic E-state index is 13.9. The second-order valence-corrected chi connectivity index (χ2v) is 9.87. The molecule has 37 heavy (non-hydrogen) atoms. The van der Waals surface area contributed by atoms with Crippen molar-refractivity contribution >= 4 is 11.3 Å². The fourth-order valence-electron chi connectivity index (χ4n) is 5.82. The number of phenolic OH excluding ortho intramolecular Hbond substituents is 1. The third-order valence-electron chi connectivity index (χ3n) is 7.72. The number of hydrogen-bond donors (Lipinski definition) is 1. The van der Waals surface area contributed by atoms with Gasteiger partial charge in [0.15, 0.2) is 17.2 Å². The van der Waals surface area contributed by atoms with Crippen LogP contribution in [0.4, 0.5) is 10.1 Å². The van der Waals surface area contributed by atoms with Crippen molar-refractivity contribution in [1.82, 2.24) is 24.5 Å². The number of pyridine rings is 1. The number of rotatable bonds is 4. The molecule has 2 aliphatic rings. The molecule has 2 aliphatic heterocycles. The summed E-state index contributed by atoms with van der Waals surface area (Å²) in [5.41, 5.74) is 6.68. The molecular weight excluding hydrogens is 467 g/mol. The second kappa shape index (κ2) is 8.38. The number of piperazine rings is 1. The molecular formula is C29H25FN6O. The highest BCUT2D eigenvalue weighted by molar-refractivity contribution is 5.91. The van der Waals surface area contributed by atoms with E-state index in [4.69, 9.17) is 5.10 Å². The van der Waals surface area contributed by atoms with Gasteiger partial charge < -0.3 is 10.0 Å². The number of likely N-dealkylation sites (N-methyl/N-ethyl adjacent to an activating group) is 1. The van der Waals surface area contributed by atoms with E-state index in [1.165, 1.54) is 24.2 Å². The molecule has 0 saturated carbocycles. The average Bonchev–Trinajstić information content (AvgIpc) is 3.63. The average molecular weight is 493 g/mol. The Morgan fingerprint density at radius 1 is 0.865 bits per heavy atom. The van der Waals surface area contributed by atoms with Gasteiger partial charge in [-0.2, -0.15) is 5.10 Å². The number of hydrogen-bond acceptors (Lipinski definition) is 6. The molecule has 2 saturated heterocycles. The van der Waals surface area contributed by atoms with Crippen molar-refractivity contribution in [2.45, 2.75) is 18.5 Å². The fraction of sp³-hybridized carbons (Fsp3) is 0.207. The van der Waals surface area contributed by atoms with Gasteiger partial charge in [0.2, 0.25) is 0 Å². The van der Waals surface area contributed by atoms with E-state index in [9.17, 15) is 9.50 Å². The molecule has 2 bridgehead atoms. The van der Waals surface area contributed by atoms with E-state index in [0.717, 1.165) is 35.5 Å². The first-order valence-corrected chi connectivity index (χ1v) is 12.4. The van der Waals surface area contributed by atoms with Crippen LogP contribution in [0, 0.1) is 5.82 Å². The highest BCUT2D eigenvalue weighted by atomic mass is 19.1. The molecule has 0 amide bonds. The molecule has 3 aromatic heterocycles. The van der Waals surface area contributed by atoms with Gasteiger partial charge in [0.25, 0.3) is 0 Å². The van der Waals surface area contributed by atoms with Crippen molar-refractivity contribution in [3.05, 3.63) is 85.1 Å². The number of nitrogens with zero attached hydrogens (tertiary/aromatic N) is 6. The Morgan fingerprint density at radius 3 is 2.35 bits per heavy atom. The van der Waals surface area contributed by atoms with Crippen LogP contribution in [0.3, 0.4) is 0 Å². The highest BCUT2D eigenvalue weighted by Gasteiger charge is 2.41. The van der Waals surface area contributed by atoms with E-state index in [-0.39, 0.29) is 0 Å². The molecule has 0 radical (unpaired) electrons. The monoisotopic (exact) mass is 492 g/mol. The van der Waals surface area contributed by atoms with Crippen LogP contribution in [0.5, 0.6) is 5.75 Å². The Hall–Kier alpha value is -4.30. The zero-order valence-corrected chi connectivity index (χ0v) is 20.3. The third-order valence-corrected chi connectivity index (χ3v) is 7.72. The second-order valence-electron chi connectivity index (χ2n) is 9.87. The van der Waals surface area contributed by atoms with E-state index in [1.54, 1.807) is 24.7 Å². The van der Waals surface area contributed by atoms with Gasteiger partial charge in [-0.05, 0) is 61.5 Å². The molecule has 8 heteroatoms. The summed E-state index contributed by atoms with van der Waals surface area (Å²) in [5, 5.41) is 15.1. The number of aromatic hydroxyl groups is 1. The number of aromatic nitrogens is 4. The topological polar surface area (TPSA) is 69.8 Å². The summed E-state index contributed by atoms with van der Waals surface area (Å²) in [6, 6.07) is 19.9. The zero-order chi connectivity index (χ0) is 25.1. The van der Waals surface area contributed by atoms with Gasteiger partial charge in [0, 0.05) is 60.6 Å². The molecule has 5 heterocycles. The van der Waals surface area contributed by atoms with Crippen molar-refractivity contribution in [1.29, 1.82) is 0 Å². The standard InChI is InChI=1S/C29H25FN6O/c1-34-16-23-15-22(34)17-35(23)21-5-2-18(3-6-21)25-10-13-32-29-27(20-4-7-24(30)26(37)14-20)28(33-36(25)29)19-8-11-31-12-9-19/h2-14,22-23,37H,15-17H2,1H3/t22-,23-/m1/s1. The Labute approximate surface area is 213 Å². The molecule has 0 unspecified atom stereocenters. The van der Waals surface area contributed by atoms with Crippen molar-refractivity contribution in [2.75, 3.05) is 25.0 Å². The minimum atomic E-state index is -0.669. The van der Waals surface area contributed by atoms with Gasteiger partial charge in [-0.25, -0.2) is 13.9 Å². The summed E-state index contributed by atoms with van der Waals surface area (Å²) >= 11 is 0. The van der Waals surface area contributed by atoms with E-state index in [2.05, 4.69) is 51.1 Å². The maximum atomic E-state index is 13.9. The number of anilines is 1. The normalized spacial score (nSPS) is 19.2. The van der Waals surface area contributed by atoms with Crippen LogP contribution in [-0.4, -0.2) is 61.8 Å². The number of benzene rings is 2. The van der Waals surface area contributed by atoms with Crippen LogP contribution in [0.2, 0.25) is 0 Å². The predicted octanol–water partition coefficient (Wildman–Crippen LogP) is 4.86. The molecule has 7 nitrogen and oxygen atoms in total. The zero-order valence-electron chi connectivity index (χ0n) is 20.3.